The van der Waals surface area contributed by atoms with Crippen molar-refractivity contribution in [2.45, 2.75) is 58.9 Å². The van der Waals surface area contributed by atoms with Crippen LogP contribution in [-0.2, 0) is 16.6 Å². The monoisotopic (exact) mass is 387 g/mol. The second kappa shape index (κ2) is 7.28. The molecule has 0 aliphatic heterocycles. The molecule has 0 heterocycles. The summed E-state index contributed by atoms with van der Waals surface area (Å²) in [6.45, 7) is 10.7. The Balaban J connectivity index is 2.08. The Morgan fingerprint density at radius 1 is 0.963 bits per heavy atom. The standard InChI is InChI=1S/C22H29NO3S/c1-14-15(2)17(4)22(18(5)16(14)3)27(25,26)23(12-19-9-10-19)13-20-7-6-8-21(24)11-20/h6-8,11,19,24H,9-10,12-13H2,1-5H3. The molecule has 2 aromatic carbocycles. The predicted molar refractivity (Wildman–Crippen MR) is 109 cm³/mol. The molecule has 4 nitrogen and oxygen atoms in total. The van der Waals surface area contributed by atoms with Gasteiger partial charge in [0.2, 0.25) is 10.0 Å². The van der Waals surface area contributed by atoms with E-state index in [1.54, 1.807) is 22.5 Å². The highest BCUT2D eigenvalue weighted by molar-refractivity contribution is 7.89. The van der Waals surface area contributed by atoms with Crippen molar-refractivity contribution in [3.63, 3.8) is 0 Å². The average molecular weight is 388 g/mol. The van der Waals surface area contributed by atoms with E-state index >= 15 is 0 Å². The van der Waals surface area contributed by atoms with Gasteiger partial charge >= 0.3 is 0 Å². The fourth-order valence-electron chi connectivity index (χ4n) is 3.68. The summed E-state index contributed by atoms with van der Waals surface area (Å²) < 4.78 is 29.0. The van der Waals surface area contributed by atoms with Gasteiger partial charge in [0, 0.05) is 13.1 Å². The molecule has 146 valence electrons. The van der Waals surface area contributed by atoms with Gasteiger partial charge in [-0.25, -0.2) is 8.42 Å². The Morgan fingerprint density at radius 3 is 2.04 bits per heavy atom. The molecule has 2 aromatic rings. The van der Waals surface area contributed by atoms with Crippen LogP contribution >= 0.6 is 0 Å². The highest BCUT2D eigenvalue weighted by Gasteiger charge is 2.34. The fraction of sp³-hybridized carbons (Fsp3) is 0.455. The predicted octanol–water partition coefficient (Wildman–Crippen LogP) is 4.54. The minimum atomic E-state index is -3.64. The molecule has 0 radical (unpaired) electrons. The van der Waals surface area contributed by atoms with Crippen molar-refractivity contribution in [2.24, 2.45) is 5.92 Å². The summed E-state index contributed by atoms with van der Waals surface area (Å²) in [5, 5.41) is 9.76. The summed E-state index contributed by atoms with van der Waals surface area (Å²) in [5.41, 5.74) is 5.72. The van der Waals surface area contributed by atoms with Gasteiger partial charge in [-0.05, 0) is 98.9 Å². The zero-order valence-corrected chi connectivity index (χ0v) is 17.7. The lowest BCUT2D eigenvalue weighted by atomic mass is 9.95. The van der Waals surface area contributed by atoms with Gasteiger partial charge in [0.15, 0.2) is 0 Å². The first-order valence-corrected chi connectivity index (χ1v) is 10.9. The number of phenols is 1. The minimum Gasteiger partial charge on any atom is -0.508 e. The maximum absolute atomic E-state index is 13.7. The molecule has 1 saturated carbocycles. The van der Waals surface area contributed by atoms with E-state index in [-0.39, 0.29) is 12.3 Å². The van der Waals surface area contributed by atoms with E-state index in [4.69, 9.17) is 0 Å². The molecule has 3 rings (SSSR count). The first-order chi connectivity index (χ1) is 12.6. The van der Waals surface area contributed by atoms with Crippen molar-refractivity contribution in [1.29, 1.82) is 0 Å². The molecule has 5 heteroatoms. The molecular formula is C22H29NO3S. The van der Waals surface area contributed by atoms with Crippen molar-refractivity contribution >= 4 is 10.0 Å². The lowest BCUT2D eigenvalue weighted by Crippen LogP contribution is -2.34. The zero-order chi connectivity index (χ0) is 19.9. The van der Waals surface area contributed by atoms with Crippen LogP contribution in [0.3, 0.4) is 0 Å². The summed E-state index contributed by atoms with van der Waals surface area (Å²) >= 11 is 0. The normalized spacial score (nSPS) is 14.7. The SMILES string of the molecule is Cc1c(C)c(C)c(S(=O)(=O)N(Cc2cccc(O)c2)CC2CC2)c(C)c1C. The smallest absolute Gasteiger partial charge is 0.243 e. The van der Waals surface area contributed by atoms with E-state index in [1.807, 2.05) is 33.8 Å². The van der Waals surface area contributed by atoms with Crippen LogP contribution in [0.15, 0.2) is 29.2 Å². The second-order valence-electron chi connectivity index (χ2n) is 7.86. The number of aromatic hydroxyl groups is 1. The summed E-state index contributed by atoms with van der Waals surface area (Å²) in [4.78, 5) is 0.448. The Labute approximate surface area is 162 Å². The number of hydrogen-bond acceptors (Lipinski definition) is 3. The average Bonchev–Trinajstić information content (AvgIpc) is 3.42. The maximum atomic E-state index is 13.7. The van der Waals surface area contributed by atoms with Gasteiger partial charge in [0.1, 0.15) is 5.75 Å². The second-order valence-corrected chi connectivity index (χ2v) is 9.74. The van der Waals surface area contributed by atoms with Gasteiger partial charge in [-0.15, -0.1) is 0 Å². The van der Waals surface area contributed by atoms with Crippen molar-refractivity contribution in [3.8, 4) is 5.75 Å². The number of nitrogens with zero attached hydrogens (tertiary/aromatic N) is 1. The molecule has 0 amide bonds. The Hall–Kier alpha value is -1.85. The fourth-order valence-corrected chi connectivity index (χ4v) is 5.74. The number of sulfonamides is 1. The zero-order valence-electron chi connectivity index (χ0n) is 16.8. The molecule has 1 aliphatic carbocycles. The van der Waals surface area contributed by atoms with Crippen LogP contribution in [0.1, 0.15) is 46.2 Å². The molecule has 0 atom stereocenters. The molecule has 0 saturated heterocycles. The largest absolute Gasteiger partial charge is 0.508 e. The summed E-state index contributed by atoms with van der Waals surface area (Å²) in [6, 6.07) is 6.86. The van der Waals surface area contributed by atoms with Gasteiger partial charge in [-0.2, -0.15) is 4.31 Å². The third-order valence-corrected chi connectivity index (χ3v) is 8.04. The first-order valence-electron chi connectivity index (χ1n) is 9.48. The van der Waals surface area contributed by atoms with Gasteiger partial charge in [0.05, 0.1) is 4.90 Å². The molecule has 1 fully saturated rings. The van der Waals surface area contributed by atoms with Gasteiger partial charge in [-0.1, -0.05) is 12.1 Å². The van der Waals surface area contributed by atoms with Crippen LogP contribution in [0.5, 0.6) is 5.75 Å². The number of benzene rings is 2. The van der Waals surface area contributed by atoms with Crippen LogP contribution < -0.4 is 0 Å². The van der Waals surface area contributed by atoms with Crippen molar-refractivity contribution < 1.29 is 13.5 Å². The van der Waals surface area contributed by atoms with Crippen LogP contribution in [0.2, 0.25) is 0 Å². The summed E-state index contributed by atoms with van der Waals surface area (Å²) in [5.74, 6) is 0.594. The van der Waals surface area contributed by atoms with Crippen molar-refractivity contribution in [2.75, 3.05) is 6.54 Å². The number of phenolic OH excluding ortho intramolecular Hbond substituents is 1. The van der Waals surface area contributed by atoms with E-state index in [2.05, 4.69) is 6.92 Å². The molecular weight excluding hydrogens is 358 g/mol. The third-order valence-electron chi connectivity index (χ3n) is 5.96. The maximum Gasteiger partial charge on any atom is 0.243 e. The van der Waals surface area contributed by atoms with Crippen LogP contribution in [0, 0.1) is 40.5 Å². The Kier molecular flexibility index (Phi) is 5.37. The Morgan fingerprint density at radius 2 is 1.52 bits per heavy atom. The van der Waals surface area contributed by atoms with Crippen LogP contribution in [0.25, 0.3) is 0 Å². The Bertz CT molecular complexity index is 946. The molecule has 0 aromatic heterocycles. The lowest BCUT2D eigenvalue weighted by molar-refractivity contribution is 0.389. The number of rotatable bonds is 6. The van der Waals surface area contributed by atoms with E-state index in [0.717, 1.165) is 46.2 Å². The van der Waals surface area contributed by atoms with Crippen molar-refractivity contribution in [1.82, 2.24) is 4.31 Å². The number of hydrogen-bond donors (Lipinski definition) is 1. The van der Waals surface area contributed by atoms with Gasteiger partial charge < -0.3 is 5.11 Å². The van der Waals surface area contributed by atoms with E-state index < -0.39 is 10.0 Å². The first kappa shape index (κ1) is 19.9. The molecule has 0 unspecified atom stereocenters. The molecule has 0 bridgehead atoms. The molecule has 1 aliphatic rings. The highest BCUT2D eigenvalue weighted by Crippen LogP contribution is 2.36. The van der Waals surface area contributed by atoms with Crippen molar-refractivity contribution in [3.05, 3.63) is 57.6 Å². The molecule has 1 N–H and O–H groups in total. The topological polar surface area (TPSA) is 57.6 Å². The molecule has 0 spiro atoms. The summed E-state index contributed by atoms with van der Waals surface area (Å²) in [7, 11) is -3.64. The quantitative estimate of drug-likeness (QED) is 0.792. The molecule has 27 heavy (non-hydrogen) atoms. The highest BCUT2D eigenvalue weighted by atomic mass is 32.2. The van der Waals surface area contributed by atoms with Gasteiger partial charge in [0.25, 0.3) is 0 Å². The lowest BCUT2D eigenvalue weighted by Gasteiger charge is -2.26. The minimum absolute atomic E-state index is 0.158. The van der Waals surface area contributed by atoms with E-state index in [1.165, 1.54) is 0 Å². The van der Waals surface area contributed by atoms with Crippen LogP contribution in [-0.4, -0.2) is 24.4 Å². The van der Waals surface area contributed by atoms with Gasteiger partial charge in [-0.3, -0.25) is 0 Å². The van der Waals surface area contributed by atoms with E-state index in [9.17, 15) is 13.5 Å². The van der Waals surface area contributed by atoms with Crippen LogP contribution in [0.4, 0.5) is 0 Å². The summed E-state index contributed by atoms with van der Waals surface area (Å²) in [6.07, 6.45) is 2.16. The third kappa shape index (κ3) is 3.90. The van der Waals surface area contributed by atoms with E-state index in [0.29, 0.717) is 17.4 Å².